The summed E-state index contributed by atoms with van der Waals surface area (Å²) in [7, 11) is 0.0346. The lowest BCUT2D eigenvalue weighted by atomic mass is 9.77. The molecule has 0 radical (unpaired) electrons. The van der Waals surface area contributed by atoms with Crippen LogP contribution >= 0.6 is 0 Å². The zero-order valence-electron chi connectivity index (χ0n) is 8.21. The van der Waals surface area contributed by atoms with E-state index < -0.39 is 7.12 Å². The van der Waals surface area contributed by atoms with Gasteiger partial charge in [-0.05, 0) is 16.2 Å². The van der Waals surface area contributed by atoms with Crippen LogP contribution in [0.25, 0.3) is 10.8 Å². The molecule has 1 aromatic carbocycles. The van der Waals surface area contributed by atoms with Crippen LogP contribution in [0, 0.1) is 0 Å². The van der Waals surface area contributed by atoms with Crippen molar-refractivity contribution in [2.24, 2.45) is 0 Å². The number of nitrogens with zero attached hydrogens (tertiary/aromatic N) is 1. The summed E-state index contributed by atoms with van der Waals surface area (Å²) in [6, 6.07) is 6.95. The molecule has 4 nitrogen and oxygen atoms in total. The molecular weight excluding hydrogens is 193 g/mol. The van der Waals surface area contributed by atoms with Gasteiger partial charge in [-0.25, -0.2) is 4.98 Å². The van der Waals surface area contributed by atoms with Crippen molar-refractivity contribution in [2.45, 2.75) is 0 Å². The molecule has 2 rings (SSSR count). The zero-order chi connectivity index (χ0) is 10.8. The van der Waals surface area contributed by atoms with Crippen molar-refractivity contribution in [3.63, 3.8) is 0 Å². The summed E-state index contributed by atoms with van der Waals surface area (Å²) < 4.78 is 4.98. The maximum Gasteiger partial charge on any atom is 0.489 e. The largest absolute Gasteiger partial charge is 0.489 e. The molecule has 0 amide bonds. The summed E-state index contributed by atoms with van der Waals surface area (Å²) in [5.74, 6) is 0.454. The molecule has 0 aliphatic rings. The number of ether oxygens (including phenoxy) is 1. The van der Waals surface area contributed by atoms with Crippen molar-refractivity contribution in [1.82, 2.24) is 4.98 Å². The highest BCUT2D eigenvalue weighted by Gasteiger charge is 2.14. The third-order valence-corrected chi connectivity index (χ3v) is 2.26. The Hall–Kier alpha value is -1.59. The Balaban J connectivity index is 2.70. The van der Waals surface area contributed by atoms with Gasteiger partial charge in [0.2, 0.25) is 5.88 Å². The van der Waals surface area contributed by atoms with E-state index >= 15 is 0 Å². The standard InChI is InChI=1S/C10H10BNO3/c1-15-10-5-8-7(6-12-10)3-2-4-9(8)11(13)14/h2-6,13-14H,1H3. The second-order valence-electron chi connectivity index (χ2n) is 3.17. The maximum atomic E-state index is 9.18. The monoisotopic (exact) mass is 203 g/mol. The molecule has 0 unspecified atom stereocenters. The normalized spacial score (nSPS) is 10.3. The molecule has 1 aromatic heterocycles. The van der Waals surface area contributed by atoms with Crippen LogP contribution in [0.15, 0.2) is 30.5 Å². The fourth-order valence-electron chi connectivity index (χ4n) is 1.51. The number of benzene rings is 1. The van der Waals surface area contributed by atoms with Gasteiger partial charge >= 0.3 is 7.12 Å². The van der Waals surface area contributed by atoms with E-state index in [0.717, 1.165) is 10.8 Å². The van der Waals surface area contributed by atoms with Crippen molar-refractivity contribution >= 4 is 23.4 Å². The Labute approximate surface area is 87.3 Å². The van der Waals surface area contributed by atoms with E-state index in [1.54, 1.807) is 24.4 Å². The Morgan fingerprint density at radius 2 is 2.13 bits per heavy atom. The highest BCUT2D eigenvalue weighted by Crippen LogP contribution is 2.16. The van der Waals surface area contributed by atoms with E-state index in [1.165, 1.54) is 7.11 Å². The topological polar surface area (TPSA) is 62.6 Å². The van der Waals surface area contributed by atoms with Gasteiger partial charge < -0.3 is 14.8 Å². The van der Waals surface area contributed by atoms with Crippen LogP contribution in [0.2, 0.25) is 0 Å². The number of fused-ring (bicyclic) bond motifs is 1. The van der Waals surface area contributed by atoms with E-state index in [2.05, 4.69) is 4.98 Å². The molecule has 0 saturated heterocycles. The minimum absolute atomic E-state index is 0.452. The van der Waals surface area contributed by atoms with Gasteiger partial charge in [0.25, 0.3) is 0 Å². The average molecular weight is 203 g/mol. The molecule has 0 aliphatic heterocycles. The molecule has 5 heteroatoms. The van der Waals surface area contributed by atoms with Crippen LogP contribution in [-0.2, 0) is 0 Å². The first-order valence-electron chi connectivity index (χ1n) is 4.51. The number of pyridine rings is 1. The Bertz CT molecular complexity index is 487. The van der Waals surface area contributed by atoms with Crippen LogP contribution in [0.4, 0.5) is 0 Å². The van der Waals surface area contributed by atoms with Gasteiger partial charge in [-0.15, -0.1) is 0 Å². The minimum atomic E-state index is -1.49. The molecule has 76 valence electrons. The first-order valence-corrected chi connectivity index (χ1v) is 4.51. The number of methoxy groups -OCH3 is 1. The SMILES string of the molecule is COc1cc2c(B(O)O)cccc2cn1. The fourth-order valence-corrected chi connectivity index (χ4v) is 1.51. The Morgan fingerprint density at radius 1 is 1.33 bits per heavy atom. The molecule has 0 bridgehead atoms. The number of rotatable bonds is 2. The van der Waals surface area contributed by atoms with Gasteiger partial charge in [-0.2, -0.15) is 0 Å². The molecule has 0 spiro atoms. The summed E-state index contributed by atoms with van der Waals surface area (Å²) in [5.41, 5.74) is 0.452. The van der Waals surface area contributed by atoms with Crippen LogP contribution in [-0.4, -0.2) is 29.3 Å². The minimum Gasteiger partial charge on any atom is -0.481 e. The molecule has 15 heavy (non-hydrogen) atoms. The van der Waals surface area contributed by atoms with Crippen molar-refractivity contribution in [3.05, 3.63) is 30.5 Å². The third-order valence-electron chi connectivity index (χ3n) is 2.26. The van der Waals surface area contributed by atoms with Crippen LogP contribution in [0.3, 0.4) is 0 Å². The van der Waals surface area contributed by atoms with Gasteiger partial charge in [-0.3, -0.25) is 0 Å². The second-order valence-corrected chi connectivity index (χ2v) is 3.17. The summed E-state index contributed by atoms with van der Waals surface area (Å²) in [5, 5.41) is 19.9. The molecule has 0 aliphatic carbocycles. The first-order chi connectivity index (χ1) is 7.22. The average Bonchev–Trinajstić information content (AvgIpc) is 2.27. The van der Waals surface area contributed by atoms with E-state index in [9.17, 15) is 10.0 Å². The van der Waals surface area contributed by atoms with Crippen LogP contribution < -0.4 is 10.2 Å². The lowest BCUT2D eigenvalue weighted by Gasteiger charge is -2.06. The predicted molar refractivity (Wildman–Crippen MR) is 58.1 cm³/mol. The number of aromatic nitrogens is 1. The molecule has 2 N–H and O–H groups in total. The lowest BCUT2D eigenvalue weighted by Crippen LogP contribution is -2.30. The van der Waals surface area contributed by atoms with E-state index in [4.69, 9.17) is 4.74 Å². The molecule has 0 atom stereocenters. The van der Waals surface area contributed by atoms with E-state index in [-0.39, 0.29) is 0 Å². The van der Waals surface area contributed by atoms with Gasteiger partial charge in [-0.1, -0.05) is 18.2 Å². The quantitative estimate of drug-likeness (QED) is 0.670. The summed E-state index contributed by atoms with van der Waals surface area (Å²) >= 11 is 0. The second kappa shape index (κ2) is 3.88. The summed E-state index contributed by atoms with van der Waals surface area (Å²) in [4.78, 5) is 4.04. The van der Waals surface area contributed by atoms with Crippen molar-refractivity contribution in [3.8, 4) is 5.88 Å². The maximum absolute atomic E-state index is 9.18. The van der Waals surface area contributed by atoms with Gasteiger partial charge in [0.15, 0.2) is 0 Å². The molecular formula is C10H10BNO3. The fraction of sp³-hybridized carbons (Fsp3) is 0.100. The molecule has 1 heterocycles. The smallest absolute Gasteiger partial charge is 0.481 e. The summed E-state index contributed by atoms with van der Waals surface area (Å²) in [6.07, 6.45) is 1.64. The highest BCUT2D eigenvalue weighted by molar-refractivity contribution is 6.61. The van der Waals surface area contributed by atoms with Crippen molar-refractivity contribution in [1.29, 1.82) is 0 Å². The summed E-state index contributed by atoms with van der Waals surface area (Å²) in [6.45, 7) is 0. The Kier molecular flexibility index (Phi) is 2.57. The third kappa shape index (κ3) is 1.79. The van der Waals surface area contributed by atoms with Gasteiger partial charge in [0.05, 0.1) is 7.11 Å². The van der Waals surface area contributed by atoms with Crippen LogP contribution in [0.1, 0.15) is 0 Å². The Morgan fingerprint density at radius 3 is 2.80 bits per heavy atom. The van der Waals surface area contributed by atoms with Crippen molar-refractivity contribution in [2.75, 3.05) is 7.11 Å². The molecule has 0 fully saturated rings. The number of hydrogen-bond donors (Lipinski definition) is 2. The predicted octanol–water partition coefficient (Wildman–Crippen LogP) is -0.0768. The lowest BCUT2D eigenvalue weighted by molar-refractivity contribution is 0.399. The van der Waals surface area contributed by atoms with E-state index in [0.29, 0.717) is 11.3 Å². The first kappa shape index (κ1) is 9.95. The number of hydrogen-bond acceptors (Lipinski definition) is 4. The van der Waals surface area contributed by atoms with Gasteiger partial charge in [0.1, 0.15) is 0 Å². The van der Waals surface area contributed by atoms with Gasteiger partial charge in [0, 0.05) is 12.3 Å². The van der Waals surface area contributed by atoms with E-state index in [1.807, 2.05) is 6.07 Å². The highest BCUT2D eigenvalue weighted by atomic mass is 16.5. The van der Waals surface area contributed by atoms with Crippen molar-refractivity contribution < 1.29 is 14.8 Å². The van der Waals surface area contributed by atoms with Crippen LogP contribution in [0.5, 0.6) is 5.88 Å². The molecule has 2 aromatic rings. The zero-order valence-corrected chi connectivity index (χ0v) is 8.21. The molecule has 0 saturated carbocycles.